The van der Waals surface area contributed by atoms with Gasteiger partial charge in [0.2, 0.25) is 10.0 Å². The van der Waals surface area contributed by atoms with Gasteiger partial charge in [-0.05, 0) is 43.2 Å². The highest BCUT2D eigenvalue weighted by Gasteiger charge is 2.16. The molecule has 0 aliphatic carbocycles. The molecule has 24 heavy (non-hydrogen) atoms. The molecule has 0 heterocycles. The third kappa shape index (κ3) is 5.06. The van der Waals surface area contributed by atoms with Gasteiger partial charge in [-0.15, -0.1) is 0 Å². The third-order valence-corrected chi connectivity index (χ3v) is 5.13. The summed E-state index contributed by atoms with van der Waals surface area (Å²) in [5.41, 5.74) is 2.64. The molecule has 2 rings (SSSR count). The first-order valence-corrected chi connectivity index (χ1v) is 9.18. The molecule has 0 aromatic heterocycles. The Morgan fingerprint density at radius 2 is 1.71 bits per heavy atom. The predicted octanol–water partition coefficient (Wildman–Crippen LogP) is 2.81. The lowest BCUT2D eigenvalue weighted by Crippen LogP contribution is -2.24. The Hall–Kier alpha value is -1.89. The number of methoxy groups -OCH3 is 1. The maximum Gasteiger partial charge on any atom is 0.241 e. The molecule has 6 heteroatoms. The molecule has 0 bridgehead atoms. The molecule has 0 fully saturated rings. The van der Waals surface area contributed by atoms with Crippen molar-refractivity contribution in [2.75, 3.05) is 20.3 Å². The number of sulfonamides is 1. The van der Waals surface area contributed by atoms with E-state index in [4.69, 9.17) is 9.47 Å². The molecule has 0 spiro atoms. The van der Waals surface area contributed by atoms with Gasteiger partial charge in [0.05, 0.1) is 11.5 Å². The van der Waals surface area contributed by atoms with E-state index in [2.05, 4.69) is 4.72 Å². The molecule has 0 aliphatic heterocycles. The Morgan fingerprint density at radius 3 is 2.33 bits per heavy atom. The highest BCUT2D eigenvalue weighted by Crippen LogP contribution is 2.17. The molecule has 0 radical (unpaired) electrons. The Kier molecular flexibility index (Phi) is 6.36. The van der Waals surface area contributed by atoms with Gasteiger partial charge in [-0.2, -0.15) is 0 Å². The van der Waals surface area contributed by atoms with Gasteiger partial charge in [-0.1, -0.05) is 29.8 Å². The second-order valence-corrected chi connectivity index (χ2v) is 7.31. The standard InChI is InChI=1S/C18H23NO4S/c1-14-4-9-18(15(2)12-14)24(20,21)19-13-16-5-7-17(8-6-16)23-11-10-22-3/h4-9,12,19H,10-11,13H2,1-3H3. The summed E-state index contributed by atoms with van der Waals surface area (Å²) in [6, 6.07) is 12.6. The van der Waals surface area contributed by atoms with Gasteiger partial charge in [-0.25, -0.2) is 13.1 Å². The van der Waals surface area contributed by atoms with Crippen LogP contribution in [0.1, 0.15) is 16.7 Å². The molecular formula is C18H23NO4S. The number of ether oxygens (including phenoxy) is 2. The van der Waals surface area contributed by atoms with Crippen molar-refractivity contribution in [2.45, 2.75) is 25.3 Å². The molecule has 0 amide bonds. The van der Waals surface area contributed by atoms with E-state index in [1.54, 1.807) is 26.2 Å². The van der Waals surface area contributed by atoms with Crippen LogP contribution < -0.4 is 9.46 Å². The second kappa shape index (κ2) is 8.28. The number of aryl methyl sites for hydroxylation is 2. The minimum absolute atomic E-state index is 0.230. The van der Waals surface area contributed by atoms with Crippen LogP contribution in [0.3, 0.4) is 0 Å². The van der Waals surface area contributed by atoms with E-state index in [1.807, 2.05) is 37.3 Å². The average Bonchev–Trinajstić information content (AvgIpc) is 2.54. The first-order chi connectivity index (χ1) is 11.4. The van der Waals surface area contributed by atoms with Crippen LogP contribution in [0.5, 0.6) is 5.75 Å². The van der Waals surface area contributed by atoms with Gasteiger partial charge in [0.15, 0.2) is 0 Å². The lowest BCUT2D eigenvalue weighted by molar-refractivity contribution is 0.146. The number of rotatable bonds is 8. The summed E-state index contributed by atoms with van der Waals surface area (Å²) >= 11 is 0. The van der Waals surface area contributed by atoms with E-state index in [0.29, 0.717) is 18.1 Å². The monoisotopic (exact) mass is 349 g/mol. The summed E-state index contributed by atoms with van der Waals surface area (Å²) in [6.07, 6.45) is 0. The Morgan fingerprint density at radius 1 is 1.00 bits per heavy atom. The molecule has 0 aliphatic rings. The van der Waals surface area contributed by atoms with Crippen molar-refractivity contribution < 1.29 is 17.9 Å². The van der Waals surface area contributed by atoms with Crippen LogP contribution in [0.2, 0.25) is 0 Å². The minimum Gasteiger partial charge on any atom is -0.491 e. The van der Waals surface area contributed by atoms with Gasteiger partial charge >= 0.3 is 0 Å². The zero-order valence-corrected chi connectivity index (χ0v) is 15.0. The van der Waals surface area contributed by atoms with Crippen LogP contribution >= 0.6 is 0 Å². The lowest BCUT2D eigenvalue weighted by Gasteiger charge is -2.11. The molecule has 0 unspecified atom stereocenters. The summed E-state index contributed by atoms with van der Waals surface area (Å²) in [6.45, 7) is 4.97. The molecular weight excluding hydrogens is 326 g/mol. The lowest BCUT2D eigenvalue weighted by atomic mass is 10.2. The summed E-state index contributed by atoms with van der Waals surface area (Å²) in [5.74, 6) is 0.730. The van der Waals surface area contributed by atoms with Crippen molar-refractivity contribution in [1.29, 1.82) is 0 Å². The van der Waals surface area contributed by atoms with Crippen LogP contribution in [0, 0.1) is 13.8 Å². The van der Waals surface area contributed by atoms with Crippen LogP contribution in [-0.4, -0.2) is 28.7 Å². The summed E-state index contributed by atoms with van der Waals surface area (Å²) in [5, 5.41) is 0. The molecule has 1 N–H and O–H groups in total. The first kappa shape index (κ1) is 18.4. The van der Waals surface area contributed by atoms with E-state index in [0.717, 1.165) is 22.4 Å². The molecule has 0 atom stereocenters. The van der Waals surface area contributed by atoms with Crippen LogP contribution in [-0.2, 0) is 21.3 Å². The highest BCUT2D eigenvalue weighted by atomic mass is 32.2. The zero-order valence-electron chi connectivity index (χ0n) is 14.2. The smallest absolute Gasteiger partial charge is 0.241 e. The Labute approximate surface area is 143 Å². The van der Waals surface area contributed by atoms with Gasteiger partial charge in [-0.3, -0.25) is 0 Å². The fraction of sp³-hybridized carbons (Fsp3) is 0.333. The molecule has 2 aromatic rings. The first-order valence-electron chi connectivity index (χ1n) is 7.70. The highest BCUT2D eigenvalue weighted by molar-refractivity contribution is 7.89. The van der Waals surface area contributed by atoms with Crippen LogP contribution in [0.15, 0.2) is 47.4 Å². The topological polar surface area (TPSA) is 64.6 Å². The van der Waals surface area contributed by atoms with E-state index in [1.165, 1.54) is 0 Å². The second-order valence-electron chi connectivity index (χ2n) is 5.58. The van der Waals surface area contributed by atoms with Gasteiger partial charge < -0.3 is 9.47 Å². The Bertz CT molecular complexity index is 770. The van der Waals surface area contributed by atoms with Crippen molar-refractivity contribution in [1.82, 2.24) is 4.72 Å². The predicted molar refractivity (Wildman–Crippen MR) is 93.8 cm³/mol. The minimum atomic E-state index is -3.53. The van der Waals surface area contributed by atoms with Crippen LogP contribution in [0.4, 0.5) is 0 Å². The number of hydrogen-bond acceptors (Lipinski definition) is 4. The largest absolute Gasteiger partial charge is 0.491 e. The van der Waals surface area contributed by atoms with E-state index >= 15 is 0 Å². The van der Waals surface area contributed by atoms with Crippen molar-refractivity contribution in [3.8, 4) is 5.75 Å². The van der Waals surface area contributed by atoms with Crippen LogP contribution in [0.25, 0.3) is 0 Å². The average molecular weight is 349 g/mol. The number of nitrogens with one attached hydrogen (secondary N) is 1. The van der Waals surface area contributed by atoms with Crippen molar-refractivity contribution in [2.24, 2.45) is 0 Å². The molecule has 2 aromatic carbocycles. The maximum atomic E-state index is 12.4. The number of benzene rings is 2. The van der Waals surface area contributed by atoms with Crippen molar-refractivity contribution in [3.05, 3.63) is 59.2 Å². The van der Waals surface area contributed by atoms with E-state index < -0.39 is 10.0 Å². The maximum absolute atomic E-state index is 12.4. The quantitative estimate of drug-likeness (QED) is 0.744. The van der Waals surface area contributed by atoms with Crippen molar-refractivity contribution in [3.63, 3.8) is 0 Å². The molecule has 5 nitrogen and oxygen atoms in total. The fourth-order valence-electron chi connectivity index (χ4n) is 2.30. The van der Waals surface area contributed by atoms with E-state index in [-0.39, 0.29) is 6.54 Å². The third-order valence-electron chi connectivity index (χ3n) is 3.57. The van der Waals surface area contributed by atoms with Crippen molar-refractivity contribution >= 4 is 10.0 Å². The summed E-state index contributed by atoms with van der Waals surface area (Å²) in [7, 11) is -1.91. The Balaban J connectivity index is 1.99. The van der Waals surface area contributed by atoms with Gasteiger partial charge in [0.25, 0.3) is 0 Å². The van der Waals surface area contributed by atoms with Gasteiger partial charge in [0, 0.05) is 13.7 Å². The van der Waals surface area contributed by atoms with Gasteiger partial charge in [0.1, 0.15) is 12.4 Å². The molecule has 0 saturated heterocycles. The fourth-order valence-corrected chi connectivity index (χ4v) is 3.55. The SMILES string of the molecule is COCCOc1ccc(CNS(=O)(=O)c2ccc(C)cc2C)cc1. The zero-order chi connectivity index (χ0) is 17.6. The number of hydrogen-bond donors (Lipinski definition) is 1. The normalized spacial score (nSPS) is 11.5. The summed E-state index contributed by atoms with van der Waals surface area (Å²) < 4.78 is 37.9. The molecule has 0 saturated carbocycles. The van der Waals surface area contributed by atoms with E-state index in [9.17, 15) is 8.42 Å². The molecule has 130 valence electrons. The summed E-state index contributed by atoms with van der Waals surface area (Å²) in [4.78, 5) is 0.313.